The van der Waals surface area contributed by atoms with Crippen LogP contribution in [0.2, 0.25) is 0 Å². The van der Waals surface area contributed by atoms with E-state index in [4.69, 9.17) is 28.4 Å². The Morgan fingerprint density at radius 3 is 2.00 bits per heavy atom. The summed E-state index contributed by atoms with van der Waals surface area (Å²) in [6.45, 7) is -4.99. The van der Waals surface area contributed by atoms with Gasteiger partial charge in [0.05, 0.1) is 19.8 Å². The fourth-order valence-corrected chi connectivity index (χ4v) is 5.34. The number of carbonyl (C=O) groups excluding carboxylic acids is 1. The number of phenols is 1. The van der Waals surface area contributed by atoms with Crippen molar-refractivity contribution in [2.75, 3.05) is 33.0 Å². The number of hydrogen-bond acceptors (Lipinski definition) is 19. The third-order valence-electron chi connectivity index (χ3n) is 8.17. The first-order valence-corrected chi connectivity index (χ1v) is 14.5. The van der Waals surface area contributed by atoms with E-state index < -0.39 is 125 Å². The van der Waals surface area contributed by atoms with Gasteiger partial charge in [0, 0.05) is 11.6 Å². The molecule has 1 aromatic carbocycles. The summed E-state index contributed by atoms with van der Waals surface area (Å²) in [7, 11) is 0. The van der Waals surface area contributed by atoms with Crippen molar-refractivity contribution in [3.05, 3.63) is 35.4 Å². The van der Waals surface area contributed by atoms with Gasteiger partial charge in [-0.2, -0.15) is 0 Å². The molecule has 0 bridgehead atoms. The molecule has 3 fully saturated rings. The second kappa shape index (κ2) is 15.4. The van der Waals surface area contributed by atoms with Crippen LogP contribution >= 0.6 is 0 Å². The van der Waals surface area contributed by atoms with Crippen LogP contribution in [0.1, 0.15) is 11.1 Å². The SMILES string of the molecule is O=C(/C=C/c1ccc(O)c(CO)c1)OCC1OC(OC2(COC3(CO)OC(CO)C(O)C3O)OC(CO)C(O)C2O)C(O)C(O)C1O. The van der Waals surface area contributed by atoms with Gasteiger partial charge in [0.1, 0.15) is 86.6 Å². The summed E-state index contributed by atoms with van der Waals surface area (Å²) in [5, 5.41) is 122. The van der Waals surface area contributed by atoms with E-state index in [1.807, 2.05) is 0 Å². The Hall–Kier alpha value is -2.41. The van der Waals surface area contributed by atoms with E-state index in [2.05, 4.69) is 0 Å². The zero-order valence-electron chi connectivity index (χ0n) is 24.7. The first kappa shape index (κ1) is 37.4. The highest BCUT2D eigenvalue weighted by Gasteiger charge is 2.62. The minimum absolute atomic E-state index is 0.148. The van der Waals surface area contributed by atoms with Crippen LogP contribution in [0.25, 0.3) is 6.08 Å². The number of aliphatic hydroxyl groups excluding tert-OH is 11. The van der Waals surface area contributed by atoms with Gasteiger partial charge in [-0.05, 0) is 23.8 Å². The van der Waals surface area contributed by atoms with Crippen LogP contribution in [-0.4, -0.2) is 179 Å². The number of hydrogen-bond donors (Lipinski definition) is 12. The molecule has 1 aromatic rings. The maximum atomic E-state index is 12.4. The average molecular weight is 681 g/mol. The van der Waals surface area contributed by atoms with Crippen LogP contribution in [0, 0.1) is 0 Å². The lowest BCUT2D eigenvalue weighted by atomic mass is 9.98. The summed E-state index contributed by atoms with van der Waals surface area (Å²) in [5.74, 6) is -6.11. The van der Waals surface area contributed by atoms with Crippen molar-refractivity contribution in [1.29, 1.82) is 0 Å². The molecule has 0 radical (unpaired) electrons. The maximum absolute atomic E-state index is 12.4. The number of carbonyl (C=O) groups is 1. The van der Waals surface area contributed by atoms with Gasteiger partial charge in [-0.25, -0.2) is 4.79 Å². The molecular weight excluding hydrogens is 640 g/mol. The molecule has 3 aliphatic rings. The molecule has 3 heterocycles. The fourth-order valence-electron chi connectivity index (χ4n) is 5.34. The van der Waals surface area contributed by atoms with Crippen LogP contribution in [0.15, 0.2) is 24.3 Å². The van der Waals surface area contributed by atoms with E-state index in [0.717, 1.165) is 6.08 Å². The third kappa shape index (κ3) is 7.60. The third-order valence-corrected chi connectivity index (χ3v) is 8.17. The molecule has 13 unspecified atom stereocenters. The molecule has 4 rings (SSSR count). The van der Waals surface area contributed by atoms with E-state index >= 15 is 0 Å². The van der Waals surface area contributed by atoms with Gasteiger partial charge < -0.3 is 89.7 Å². The number of benzene rings is 1. The molecule has 0 saturated carbocycles. The Morgan fingerprint density at radius 2 is 1.43 bits per heavy atom. The lowest BCUT2D eigenvalue weighted by molar-refractivity contribution is -0.399. The van der Waals surface area contributed by atoms with Gasteiger partial charge in [0.25, 0.3) is 0 Å². The van der Waals surface area contributed by atoms with Gasteiger partial charge in [-0.1, -0.05) is 6.07 Å². The van der Waals surface area contributed by atoms with Gasteiger partial charge in [-0.3, -0.25) is 0 Å². The van der Waals surface area contributed by atoms with E-state index in [9.17, 15) is 66.1 Å². The second-order valence-electron chi connectivity index (χ2n) is 11.3. The van der Waals surface area contributed by atoms with E-state index in [-0.39, 0.29) is 11.3 Å². The Bertz CT molecular complexity index is 1230. The zero-order valence-corrected chi connectivity index (χ0v) is 24.7. The van der Waals surface area contributed by atoms with Gasteiger partial charge in [-0.15, -0.1) is 0 Å². The predicted molar refractivity (Wildman–Crippen MR) is 148 cm³/mol. The summed E-state index contributed by atoms with van der Waals surface area (Å²) in [6, 6.07) is 4.18. The Labute approximate surface area is 266 Å². The van der Waals surface area contributed by atoms with Crippen molar-refractivity contribution in [2.45, 2.75) is 85.5 Å². The van der Waals surface area contributed by atoms with Crippen LogP contribution in [0.3, 0.4) is 0 Å². The van der Waals surface area contributed by atoms with Gasteiger partial charge in [0.15, 0.2) is 6.29 Å². The highest BCUT2D eigenvalue weighted by atomic mass is 16.8. The minimum atomic E-state index is -2.60. The Balaban J connectivity index is 1.49. The maximum Gasteiger partial charge on any atom is 0.330 e. The summed E-state index contributed by atoms with van der Waals surface area (Å²) in [4.78, 5) is 12.4. The van der Waals surface area contributed by atoms with Crippen LogP contribution in [-0.2, 0) is 39.8 Å². The molecule has 0 aromatic heterocycles. The normalized spacial score (nSPS) is 40.7. The second-order valence-corrected chi connectivity index (χ2v) is 11.3. The molecule has 0 aliphatic carbocycles. The fraction of sp³-hybridized carbons (Fsp3) is 0.679. The molecule has 19 nitrogen and oxygen atoms in total. The standard InChI is InChI=1S/C28H40O19/c29-6-13-5-12(1-3-14(13)33)2-4-18(34)42-9-17-19(35)22(38)23(39)26(44-17)47-28(25(41)21(37)16(8-31)46-28)11-43-27(10-32)24(40)20(36)15(7-30)45-27/h1-5,15-17,19-26,29-33,35-41H,6-11H2/b4-2+. The van der Waals surface area contributed by atoms with Crippen molar-refractivity contribution < 1.29 is 94.5 Å². The number of aromatic hydroxyl groups is 1. The van der Waals surface area contributed by atoms with Gasteiger partial charge in [0.2, 0.25) is 11.6 Å². The Morgan fingerprint density at radius 1 is 0.809 bits per heavy atom. The average Bonchev–Trinajstić information content (AvgIpc) is 3.46. The van der Waals surface area contributed by atoms with Crippen molar-refractivity contribution in [2.24, 2.45) is 0 Å². The van der Waals surface area contributed by atoms with E-state index in [1.165, 1.54) is 24.3 Å². The molecule has 19 heteroatoms. The molecule has 47 heavy (non-hydrogen) atoms. The summed E-state index contributed by atoms with van der Waals surface area (Å²) >= 11 is 0. The number of rotatable bonds is 13. The number of aliphatic hydroxyl groups is 11. The minimum Gasteiger partial charge on any atom is -0.508 e. The number of ether oxygens (including phenoxy) is 6. The molecule has 12 N–H and O–H groups in total. The first-order chi connectivity index (χ1) is 22.3. The molecule has 266 valence electrons. The summed E-state index contributed by atoms with van der Waals surface area (Å²) in [6.07, 6.45) is -17.7. The van der Waals surface area contributed by atoms with Crippen molar-refractivity contribution in [3.8, 4) is 5.75 Å². The van der Waals surface area contributed by atoms with Crippen molar-refractivity contribution >= 4 is 12.0 Å². The highest BCUT2D eigenvalue weighted by molar-refractivity contribution is 5.87. The largest absolute Gasteiger partial charge is 0.508 e. The van der Waals surface area contributed by atoms with Crippen molar-refractivity contribution in [3.63, 3.8) is 0 Å². The first-order valence-electron chi connectivity index (χ1n) is 14.5. The van der Waals surface area contributed by atoms with Crippen molar-refractivity contribution in [1.82, 2.24) is 0 Å². The molecule has 0 amide bonds. The smallest absolute Gasteiger partial charge is 0.330 e. The van der Waals surface area contributed by atoms with E-state index in [0.29, 0.717) is 5.56 Å². The summed E-state index contributed by atoms with van der Waals surface area (Å²) in [5.41, 5.74) is 0.635. The predicted octanol–water partition coefficient (Wildman–Crippen LogP) is -6.11. The van der Waals surface area contributed by atoms with Crippen LogP contribution in [0.4, 0.5) is 0 Å². The molecule has 3 aliphatic heterocycles. The highest BCUT2D eigenvalue weighted by Crippen LogP contribution is 2.40. The molecule has 13 atom stereocenters. The van der Waals surface area contributed by atoms with E-state index in [1.54, 1.807) is 0 Å². The van der Waals surface area contributed by atoms with Crippen LogP contribution in [0.5, 0.6) is 5.75 Å². The molecule has 0 spiro atoms. The topological polar surface area (TPSA) is 315 Å². The Kier molecular flexibility index (Phi) is 12.3. The lowest BCUT2D eigenvalue weighted by Gasteiger charge is -2.44. The monoisotopic (exact) mass is 680 g/mol. The quantitative estimate of drug-likeness (QED) is 0.0681. The lowest BCUT2D eigenvalue weighted by Crippen LogP contribution is -2.63. The zero-order chi connectivity index (χ0) is 34.7. The van der Waals surface area contributed by atoms with Crippen LogP contribution < -0.4 is 0 Å². The number of esters is 1. The van der Waals surface area contributed by atoms with Gasteiger partial charge >= 0.3 is 5.97 Å². The summed E-state index contributed by atoms with van der Waals surface area (Å²) < 4.78 is 32.7. The molecule has 3 saturated heterocycles. The molecular formula is C28H40O19.